The molecule has 186 valence electrons. The van der Waals surface area contributed by atoms with Gasteiger partial charge < -0.3 is 0 Å². The van der Waals surface area contributed by atoms with Crippen LogP contribution < -0.4 is 0 Å². The first-order valence-corrected chi connectivity index (χ1v) is 13.5. The van der Waals surface area contributed by atoms with Crippen LogP contribution >= 0.6 is 0 Å². The lowest BCUT2D eigenvalue weighted by Crippen LogP contribution is -1.93. The Morgan fingerprint density at radius 1 is 0.350 bits per heavy atom. The van der Waals surface area contributed by atoms with Gasteiger partial charge in [-0.15, -0.1) is 0 Å². The summed E-state index contributed by atoms with van der Waals surface area (Å²) < 4.78 is 42.3. The minimum absolute atomic E-state index is 0.203. The number of fused-ring (bicyclic) bond motifs is 4. The molecule has 8 aromatic carbocycles. The SMILES string of the molecule is [2H]c1c([2H])c([2H])c(-c2cc(-c3c4ccccc4c(-c4cccc5ccccc45)c4ccccc34)c3ccccc3c2)c([2H])c1[2H]. The van der Waals surface area contributed by atoms with Crippen molar-refractivity contribution < 1.29 is 6.85 Å². The van der Waals surface area contributed by atoms with E-state index in [0.29, 0.717) is 5.56 Å². The van der Waals surface area contributed by atoms with Gasteiger partial charge in [0, 0.05) is 0 Å². The molecule has 0 unspecified atom stereocenters. The third-order valence-corrected chi connectivity index (χ3v) is 7.91. The van der Waals surface area contributed by atoms with Crippen LogP contribution in [0.15, 0.2) is 158 Å². The van der Waals surface area contributed by atoms with Gasteiger partial charge in [-0.2, -0.15) is 0 Å². The van der Waals surface area contributed by atoms with E-state index in [9.17, 15) is 0 Å². The van der Waals surface area contributed by atoms with Crippen molar-refractivity contribution in [3.8, 4) is 33.4 Å². The molecule has 0 radical (unpaired) electrons. The zero-order valence-electron chi connectivity index (χ0n) is 26.6. The van der Waals surface area contributed by atoms with E-state index in [1.165, 1.54) is 21.9 Å². The van der Waals surface area contributed by atoms with Gasteiger partial charge in [0.2, 0.25) is 0 Å². The Hall–Kier alpha value is -5.20. The van der Waals surface area contributed by atoms with Crippen LogP contribution in [-0.2, 0) is 0 Å². The molecule has 0 saturated carbocycles. The Kier molecular flexibility index (Phi) is 4.18. The zero-order chi connectivity index (χ0) is 30.8. The van der Waals surface area contributed by atoms with Crippen molar-refractivity contribution in [3.63, 3.8) is 0 Å². The lowest BCUT2D eigenvalue weighted by Gasteiger charge is -2.20. The summed E-state index contributed by atoms with van der Waals surface area (Å²) in [7, 11) is 0. The van der Waals surface area contributed by atoms with E-state index in [-0.39, 0.29) is 29.7 Å². The number of hydrogen-bond donors (Lipinski definition) is 0. The van der Waals surface area contributed by atoms with E-state index >= 15 is 0 Å². The second-order valence-electron chi connectivity index (χ2n) is 10.1. The normalized spacial score (nSPS) is 13.2. The average molecular weight is 512 g/mol. The lowest BCUT2D eigenvalue weighted by molar-refractivity contribution is 1.63. The highest BCUT2D eigenvalue weighted by atomic mass is 14.2. The monoisotopic (exact) mass is 511 g/mol. The molecule has 0 bridgehead atoms. The first-order chi connectivity index (χ1) is 21.9. The molecular formula is C40H26. The van der Waals surface area contributed by atoms with Gasteiger partial charge in [0.15, 0.2) is 0 Å². The van der Waals surface area contributed by atoms with Crippen molar-refractivity contribution in [2.75, 3.05) is 0 Å². The fraction of sp³-hybridized carbons (Fsp3) is 0. The summed E-state index contributed by atoms with van der Waals surface area (Å²) in [5.41, 5.74) is 5.14. The maximum absolute atomic E-state index is 8.74. The average Bonchev–Trinajstić information content (AvgIpc) is 3.08. The minimum atomic E-state index is -0.393. The molecule has 0 heterocycles. The van der Waals surface area contributed by atoms with Crippen LogP contribution in [0.4, 0.5) is 0 Å². The largest absolute Gasteiger partial charge is 0.0629 e. The molecule has 0 amide bonds. The number of hydrogen-bond acceptors (Lipinski definition) is 0. The second-order valence-corrected chi connectivity index (χ2v) is 10.1. The van der Waals surface area contributed by atoms with Crippen LogP contribution in [-0.4, -0.2) is 0 Å². The van der Waals surface area contributed by atoms with E-state index in [1.54, 1.807) is 0 Å². The van der Waals surface area contributed by atoms with Crippen molar-refractivity contribution in [1.29, 1.82) is 0 Å². The Balaban J connectivity index is 1.54. The van der Waals surface area contributed by atoms with Crippen molar-refractivity contribution in [1.82, 2.24) is 0 Å². The summed E-state index contributed by atoms with van der Waals surface area (Å²) >= 11 is 0. The van der Waals surface area contributed by atoms with Gasteiger partial charge >= 0.3 is 0 Å². The molecule has 8 rings (SSSR count). The molecule has 0 aliphatic carbocycles. The number of rotatable bonds is 3. The molecule has 0 aliphatic rings. The summed E-state index contributed by atoms with van der Waals surface area (Å²) in [6, 6.07) is 42.5. The van der Waals surface area contributed by atoms with Crippen molar-refractivity contribution in [2.45, 2.75) is 0 Å². The summed E-state index contributed by atoms with van der Waals surface area (Å²) in [5, 5.41) is 8.76. The highest BCUT2D eigenvalue weighted by Crippen LogP contribution is 2.47. The fourth-order valence-corrected chi connectivity index (χ4v) is 6.21. The van der Waals surface area contributed by atoms with Crippen LogP contribution in [0.1, 0.15) is 6.85 Å². The molecule has 0 aromatic heterocycles. The van der Waals surface area contributed by atoms with Gasteiger partial charge in [-0.1, -0.05) is 145 Å². The Morgan fingerprint density at radius 2 is 0.825 bits per heavy atom. The second kappa shape index (κ2) is 9.22. The smallest absolute Gasteiger partial charge is 0.0622 e. The summed E-state index contributed by atoms with van der Waals surface area (Å²) in [6.45, 7) is 0. The maximum atomic E-state index is 8.74. The summed E-state index contributed by atoms with van der Waals surface area (Å²) in [6.07, 6.45) is 0. The molecule has 0 heteroatoms. The molecular weight excluding hydrogens is 480 g/mol. The molecule has 0 spiro atoms. The van der Waals surface area contributed by atoms with Crippen LogP contribution in [0.5, 0.6) is 0 Å². The van der Waals surface area contributed by atoms with E-state index in [2.05, 4.69) is 97.1 Å². The molecule has 0 atom stereocenters. The molecule has 0 saturated heterocycles. The number of benzene rings is 8. The molecule has 8 aromatic rings. The van der Waals surface area contributed by atoms with E-state index < -0.39 is 6.04 Å². The van der Waals surface area contributed by atoms with Crippen molar-refractivity contribution in [3.05, 3.63) is 158 Å². The third-order valence-electron chi connectivity index (χ3n) is 7.91. The zero-order valence-corrected chi connectivity index (χ0v) is 21.6. The van der Waals surface area contributed by atoms with Crippen LogP contribution in [0.2, 0.25) is 0 Å². The predicted molar refractivity (Wildman–Crippen MR) is 173 cm³/mol. The molecule has 0 N–H and O–H groups in total. The minimum Gasteiger partial charge on any atom is -0.0622 e. The third kappa shape index (κ3) is 3.54. The van der Waals surface area contributed by atoms with Crippen molar-refractivity contribution >= 4 is 43.1 Å². The first kappa shape index (κ1) is 18.2. The quantitative estimate of drug-likeness (QED) is 0.207. The Labute approximate surface area is 240 Å². The van der Waals surface area contributed by atoms with E-state index in [4.69, 9.17) is 6.85 Å². The summed E-state index contributed by atoms with van der Waals surface area (Å²) in [4.78, 5) is 0. The van der Waals surface area contributed by atoms with Crippen LogP contribution in [0.3, 0.4) is 0 Å². The maximum Gasteiger partial charge on any atom is 0.0629 e. The van der Waals surface area contributed by atoms with E-state index in [0.717, 1.165) is 43.4 Å². The predicted octanol–water partition coefficient (Wildman–Crippen LogP) is 11.3. The highest BCUT2D eigenvalue weighted by molar-refractivity contribution is 6.25. The van der Waals surface area contributed by atoms with Gasteiger partial charge in [-0.25, -0.2) is 0 Å². The standard InChI is InChI=1S/C40H26/c1-2-13-27(14-3-1)30-25-29-16-5-7-19-32(29)38(26-30)40-36-22-10-8-20-34(36)39(35-21-9-11-23-37(35)40)33-24-12-17-28-15-4-6-18-31(28)33/h1-26H/i1D,2D,3D,13D,14D. The molecule has 0 fully saturated rings. The van der Waals surface area contributed by atoms with E-state index in [1.807, 2.05) is 30.3 Å². The Bertz CT molecular complexity index is 2400. The van der Waals surface area contributed by atoms with Gasteiger partial charge in [0.25, 0.3) is 0 Å². The topological polar surface area (TPSA) is 0 Å². The van der Waals surface area contributed by atoms with Crippen molar-refractivity contribution in [2.24, 2.45) is 0 Å². The van der Waals surface area contributed by atoms with Crippen LogP contribution in [0.25, 0.3) is 76.5 Å². The highest BCUT2D eigenvalue weighted by Gasteiger charge is 2.19. The van der Waals surface area contributed by atoms with Gasteiger partial charge in [-0.05, 0) is 88.6 Å². The van der Waals surface area contributed by atoms with Gasteiger partial charge in [0.05, 0.1) is 6.85 Å². The van der Waals surface area contributed by atoms with Gasteiger partial charge in [-0.3, -0.25) is 0 Å². The lowest BCUT2D eigenvalue weighted by atomic mass is 9.83. The Morgan fingerprint density at radius 3 is 1.45 bits per heavy atom. The molecule has 0 nitrogen and oxygen atoms in total. The first-order valence-electron chi connectivity index (χ1n) is 16.0. The molecule has 0 aliphatic heterocycles. The van der Waals surface area contributed by atoms with Gasteiger partial charge in [0.1, 0.15) is 0 Å². The molecule has 40 heavy (non-hydrogen) atoms. The fourth-order valence-electron chi connectivity index (χ4n) is 6.21. The summed E-state index contributed by atoms with van der Waals surface area (Å²) in [5.74, 6) is 0. The van der Waals surface area contributed by atoms with Crippen LogP contribution in [0, 0.1) is 0 Å².